The molecule has 0 heterocycles. The first-order valence-electron chi connectivity index (χ1n) is 5.91. The van der Waals surface area contributed by atoms with Crippen molar-refractivity contribution in [3.63, 3.8) is 0 Å². The number of non-ortho nitro benzene ring substituents is 1. The Kier molecular flexibility index (Phi) is 4.98. The molecule has 2 rings (SSSR count). The molecule has 0 bridgehead atoms. The minimum atomic E-state index is -0.515. The van der Waals surface area contributed by atoms with Gasteiger partial charge in [0.25, 0.3) is 5.69 Å². The predicted octanol–water partition coefficient (Wildman–Crippen LogP) is 4.71. The highest BCUT2D eigenvalue weighted by Gasteiger charge is 2.12. The van der Waals surface area contributed by atoms with Gasteiger partial charge in [0.1, 0.15) is 18.2 Å². The minimum Gasteiger partial charge on any atom is -0.488 e. The van der Waals surface area contributed by atoms with Crippen LogP contribution in [-0.4, -0.2) is 4.92 Å². The van der Waals surface area contributed by atoms with E-state index >= 15 is 0 Å². The molecule has 0 radical (unpaired) electrons. The van der Waals surface area contributed by atoms with E-state index in [4.69, 9.17) is 27.9 Å². The lowest BCUT2D eigenvalue weighted by molar-refractivity contribution is -0.384. The molecular formula is C14H10Cl2FNO3. The molecule has 0 unspecified atom stereocenters. The lowest BCUT2D eigenvalue weighted by Crippen LogP contribution is -2.01. The van der Waals surface area contributed by atoms with Gasteiger partial charge in [-0.2, -0.15) is 0 Å². The van der Waals surface area contributed by atoms with Gasteiger partial charge in [0.15, 0.2) is 0 Å². The van der Waals surface area contributed by atoms with Crippen molar-refractivity contribution in [2.75, 3.05) is 0 Å². The van der Waals surface area contributed by atoms with Crippen LogP contribution in [0.5, 0.6) is 5.75 Å². The van der Waals surface area contributed by atoms with E-state index in [-0.39, 0.29) is 18.2 Å². The Morgan fingerprint density at radius 3 is 2.57 bits per heavy atom. The Labute approximate surface area is 130 Å². The van der Waals surface area contributed by atoms with Gasteiger partial charge in [-0.25, -0.2) is 4.39 Å². The van der Waals surface area contributed by atoms with Gasteiger partial charge in [-0.3, -0.25) is 10.1 Å². The Bertz CT molecular complexity index is 679. The van der Waals surface area contributed by atoms with Crippen LogP contribution in [-0.2, 0) is 12.5 Å². The summed E-state index contributed by atoms with van der Waals surface area (Å²) in [5.41, 5.74) is 0.731. The number of nitro benzene ring substituents is 1. The number of nitrogens with zero attached hydrogens (tertiary/aromatic N) is 1. The van der Waals surface area contributed by atoms with Gasteiger partial charge in [-0.15, -0.1) is 11.6 Å². The summed E-state index contributed by atoms with van der Waals surface area (Å²) >= 11 is 11.4. The standard InChI is InChI=1S/C14H10Cl2FNO3/c15-7-10-5-12(18(19)20)3-4-14(10)21-8-9-1-2-11(16)6-13(9)17/h1-6H,7-8H2. The van der Waals surface area contributed by atoms with Crippen LogP contribution in [0.25, 0.3) is 0 Å². The fourth-order valence-electron chi connectivity index (χ4n) is 1.72. The summed E-state index contributed by atoms with van der Waals surface area (Å²) in [6, 6.07) is 8.36. The van der Waals surface area contributed by atoms with Crippen molar-refractivity contribution in [2.24, 2.45) is 0 Å². The molecule has 0 spiro atoms. The smallest absolute Gasteiger partial charge is 0.270 e. The third-order valence-corrected chi connectivity index (χ3v) is 3.32. The highest BCUT2D eigenvalue weighted by molar-refractivity contribution is 6.30. The maximum absolute atomic E-state index is 13.6. The molecule has 4 nitrogen and oxygen atoms in total. The summed E-state index contributed by atoms with van der Waals surface area (Å²) in [7, 11) is 0. The minimum absolute atomic E-state index is 0.0231. The van der Waals surface area contributed by atoms with Crippen LogP contribution in [0.3, 0.4) is 0 Å². The van der Waals surface area contributed by atoms with Crippen LogP contribution >= 0.6 is 23.2 Å². The first kappa shape index (κ1) is 15.5. The topological polar surface area (TPSA) is 52.4 Å². The molecule has 0 aliphatic carbocycles. The van der Waals surface area contributed by atoms with E-state index in [1.165, 1.54) is 30.3 Å². The molecule has 110 valence electrons. The van der Waals surface area contributed by atoms with Gasteiger partial charge in [-0.1, -0.05) is 17.7 Å². The summed E-state index contributed by atoms with van der Waals surface area (Å²) in [5, 5.41) is 11.0. The zero-order chi connectivity index (χ0) is 15.4. The van der Waals surface area contributed by atoms with Crippen LogP contribution < -0.4 is 4.74 Å². The van der Waals surface area contributed by atoms with Crippen LogP contribution in [0.1, 0.15) is 11.1 Å². The van der Waals surface area contributed by atoms with E-state index in [1.54, 1.807) is 6.07 Å². The van der Waals surface area contributed by atoms with Crippen molar-refractivity contribution < 1.29 is 14.1 Å². The fraction of sp³-hybridized carbons (Fsp3) is 0.143. The number of hydrogen-bond donors (Lipinski definition) is 0. The first-order chi connectivity index (χ1) is 10.0. The lowest BCUT2D eigenvalue weighted by Gasteiger charge is -2.10. The van der Waals surface area contributed by atoms with Gasteiger partial charge >= 0.3 is 0 Å². The molecule has 2 aromatic carbocycles. The normalized spacial score (nSPS) is 10.4. The average molecular weight is 330 g/mol. The highest BCUT2D eigenvalue weighted by atomic mass is 35.5. The van der Waals surface area contributed by atoms with Crippen molar-refractivity contribution in [1.82, 2.24) is 0 Å². The fourth-order valence-corrected chi connectivity index (χ4v) is 2.09. The molecule has 0 aromatic heterocycles. The number of ether oxygens (including phenoxy) is 1. The second-order valence-electron chi connectivity index (χ2n) is 4.21. The maximum Gasteiger partial charge on any atom is 0.270 e. The number of rotatable bonds is 5. The Hall–Kier alpha value is -1.85. The monoisotopic (exact) mass is 329 g/mol. The molecule has 0 N–H and O–H groups in total. The number of hydrogen-bond acceptors (Lipinski definition) is 3. The van der Waals surface area contributed by atoms with E-state index in [0.29, 0.717) is 21.9 Å². The average Bonchev–Trinajstić information content (AvgIpc) is 2.46. The van der Waals surface area contributed by atoms with Crippen molar-refractivity contribution in [2.45, 2.75) is 12.5 Å². The van der Waals surface area contributed by atoms with E-state index in [0.717, 1.165) is 0 Å². The largest absolute Gasteiger partial charge is 0.488 e. The number of alkyl halides is 1. The SMILES string of the molecule is O=[N+]([O-])c1ccc(OCc2ccc(Cl)cc2F)c(CCl)c1. The van der Waals surface area contributed by atoms with Gasteiger partial charge in [0, 0.05) is 28.3 Å². The highest BCUT2D eigenvalue weighted by Crippen LogP contribution is 2.27. The first-order valence-corrected chi connectivity index (χ1v) is 6.82. The third-order valence-electron chi connectivity index (χ3n) is 2.80. The number of nitro groups is 1. The summed E-state index contributed by atoms with van der Waals surface area (Å²) < 4.78 is 19.1. The second kappa shape index (κ2) is 6.74. The second-order valence-corrected chi connectivity index (χ2v) is 4.91. The van der Waals surface area contributed by atoms with Crippen LogP contribution in [0.15, 0.2) is 36.4 Å². The summed E-state index contributed by atoms with van der Waals surface area (Å²) in [4.78, 5) is 10.2. The molecule has 2 aromatic rings. The Balaban J connectivity index is 2.17. The van der Waals surface area contributed by atoms with Crippen molar-refractivity contribution in [3.05, 3.63) is 68.5 Å². The quantitative estimate of drug-likeness (QED) is 0.453. The Morgan fingerprint density at radius 2 is 1.95 bits per heavy atom. The van der Waals surface area contributed by atoms with Crippen molar-refractivity contribution >= 4 is 28.9 Å². The van der Waals surface area contributed by atoms with Gasteiger partial charge in [0.2, 0.25) is 0 Å². The molecule has 0 aliphatic rings. The van der Waals surface area contributed by atoms with Gasteiger partial charge < -0.3 is 4.74 Å². The summed E-state index contributed by atoms with van der Waals surface area (Å²) in [5.74, 6) is -0.0399. The number of benzene rings is 2. The molecule has 0 saturated heterocycles. The van der Waals surface area contributed by atoms with E-state index < -0.39 is 10.7 Å². The molecule has 0 amide bonds. The molecular weight excluding hydrogens is 320 g/mol. The summed E-state index contributed by atoms with van der Waals surface area (Å²) in [6.07, 6.45) is 0. The van der Waals surface area contributed by atoms with Gasteiger partial charge in [0.05, 0.1) is 10.8 Å². The predicted molar refractivity (Wildman–Crippen MR) is 78.4 cm³/mol. The Morgan fingerprint density at radius 1 is 1.19 bits per heavy atom. The maximum atomic E-state index is 13.6. The van der Waals surface area contributed by atoms with E-state index in [9.17, 15) is 14.5 Å². The van der Waals surface area contributed by atoms with Crippen molar-refractivity contribution in [3.8, 4) is 5.75 Å². The third kappa shape index (κ3) is 3.83. The molecule has 21 heavy (non-hydrogen) atoms. The zero-order valence-corrected chi connectivity index (χ0v) is 12.2. The van der Waals surface area contributed by atoms with Crippen LogP contribution in [0.4, 0.5) is 10.1 Å². The molecule has 0 fully saturated rings. The zero-order valence-electron chi connectivity index (χ0n) is 10.7. The van der Waals surface area contributed by atoms with Gasteiger partial charge in [-0.05, 0) is 18.2 Å². The molecule has 0 aliphatic heterocycles. The molecule has 0 saturated carbocycles. The van der Waals surface area contributed by atoms with Crippen LogP contribution in [0, 0.1) is 15.9 Å². The van der Waals surface area contributed by atoms with E-state index in [2.05, 4.69) is 0 Å². The van der Waals surface area contributed by atoms with Crippen LogP contribution in [0.2, 0.25) is 5.02 Å². The molecule has 0 atom stereocenters. The summed E-state index contributed by atoms with van der Waals surface area (Å²) in [6.45, 7) is -0.0231. The lowest BCUT2D eigenvalue weighted by atomic mass is 10.2. The van der Waals surface area contributed by atoms with Crippen molar-refractivity contribution in [1.29, 1.82) is 0 Å². The van der Waals surface area contributed by atoms with E-state index in [1.807, 2.05) is 0 Å². The number of halogens is 3. The molecule has 7 heteroatoms.